The molecule has 0 radical (unpaired) electrons. The molecule has 2 heterocycles. The molecule has 142 valence electrons. The van der Waals surface area contributed by atoms with Gasteiger partial charge in [-0.3, -0.25) is 4.90 Å². The second-order valence-electron chi connectivity index (χ2n) is 7.03. The van der Waals surface area contributed by atoms with E-state index in [0.29, 0.717) is 18.5 Å². The van der Waals surface area contributed by atoms with Crippen LogP contribution in [0.1, 0.15) is 24.0 Å². The summed E-state index contributed by atoms with van der Waals surface area (Å²) in [4.78, 5) is 6.98. The average Bonchev–Trinajstić information content (AvgIpc) is 3.18. The Kier molecular flexibility index (Phi) is 5.44. The van der Waals surface area contributed by atoms with Gasteiger partial charge in [0.25, 0.3) is 0 Å². The second-order valence-corrected chi connectivity index (χ2v) is 7.03. The lowest BCUT2D eigenvalue weighted by molar-refractivity contribution is 0.173. The van der Waals surface area contributed by atoms with E-state index in [1.165, 1.54) is 5.56 Å². The highest BCUT2D eigenvalue weighted by atomic mass is 16.7. The molecule has 6 heteroatoms. The maximum atomic E-state index is 6.11. The molecule has 0 unspecified atom stereocenters. The third kappa shape index (κ3) is 4.52. The van der Waals surface area contributed by atoms with E-state index in [0.717, 1.165) is 49.5 Å². The van der Waals surface area contributed by atoms with Crippen LogP contribution in [0.15, 0.2) is 53.5 Å². The van der Waals surface area contributed by atoms with Gasteiger partial charge in [-0.2, -0.15) is 0 Å². The fraction of sp³-hybridized carbons (Fsp3) is 0.381. The Hall–Kier alpha value is -2.73. The van der Waals surface area contributed by atoms with Crippen molar-refractivity contribution in [1.82, 2.24) is 10.2 Å². The fourth-order valence-electron chi connectivity index (χ4n) is 3.62. The van der Waals surface area contributed by atoms with Crippen LogP contribution in [0.5, 0.6) is 11.5 Å². The van der Waals surface area contributed by atoms with Crippen LogP contribution in [0.3, 0.4) is 0 Å². The number of nitrogens with zero attached hydrogens (tertiary/aromatic N) is 2. The number of guanidine groups is 1. The van der Waals surface area contributed by atoms with Gasteiger partial charge in [-0.25, -0.2) is 4.99 Å². The highest BCUT2D eigenvalue weighted by molar-refractivity contribution is 5.78. The van der Waals surface area contributed by atoms with Crippen molar-refractivity contribution in [3.8, 4) is 11.5 Å². The number of fused-ring (bicyclic) bond motifs is 1. The Morgan fingerprint density at radius 1 is 1.07 bits per heavy atom. The fourth-order valence-corrected chi connectivity index (χ4v) is 3.62. The summed E-state index contributed by atoms with van der Waals surface area (Å²) in [5.41, 5.74) is 8.47. The predicted octanol–water partition coefficient (Wildman–Crippen LogP) is 2.48. The van der Waals surface area contributed by atoms with Gasteiger partial charge in [0.2, 0.25) is 6.79 Å². The standard InChI is InChI=1S/C21H26N4O2/c22-21(23-13-17-7-4-8-19-20(17)27-15-26-19)24-18-9-11-25(12-10-18)14-16-5-2-1-3-6-16/h1-8,18H,9-15H2,(H3,22,23,24). The lowest BCUT2D eigenvalue weighted by Crippen LogP contribution is -2.46. The molecular formula is C21H26N4O2. The number of ether oxygens (including phenoxy) is 2. The summed E-state index contributed by atoms with van der Waals surface area (Å²) in [7, 11) is 0. The summed E-state index contributed by atoms with van der Waals surface area (Å²) in [6.45, 7) is 3.90. The summed E-state index contributed by atoms with van der Waals surface area (Å²) >= 11 is 0. The van der Waals surface area contributed by atoms with Crippen LogP contribution in [-0.2, 0) is 13.1 Å². The Labute approximate surface area is 160 Å². The Bertz CT molecular complexity index is 786. The van der Waals surface area contributed by atoms with Crippen molar-refractivity contribution in [3.05, 3.63) is 59.7 Å². The molecule has 3 N–H and O–H groups in total. The maximum Gasteiger partial charge on any atom is 0.231 e. The summed E-state index contributed by atoms with van der Waals surface area (Å²) in [5.74, 6) is 2.05. The van der Waals surface area contributed by atoms with Crippen molar-refractivity contribution >= 4 is 5.96 Å². The molecule has 1 fully saturated rings. The van der Waals surface area contributed by atoms with Gasteiger partial charge < -0.3 is 20.5 Å². The minimum Gasteiger partial charge on any atom is -0.454 e. The molecule has 2 aromatic rings. The smallest absolute Gasteiger partial charge is 0.231 e. The van der Waals surface area contributed by atoms with E-state index in [-0.39, 0.29) is 6.79 Å². The maximum absolute atomic E-state index is 6.11. The molecule has 2 aliphatic heterocycles. The zero-order valence-electron chi connectivity index (χ0n) is 15.4. The third-order valence-corrected chi connectivity index (χ3v) is 5.09. The van der Waals surface area contributed by atoms with Crippen LogP contribution in [0, 0.1) is 0 Å². The third-order valence-electron chi connectivity index (χ3n) is 5.09. The lowest BCUT2D eigenvalue weighted by atomic mass is 10.0. The SMILES string of the molecule is NC(=NCc1cccc2c1OCO2)NC1CCN(Cc2ccccc2)CC1. The number of rotatable bonds is 5. The number of hydrogen-bond donors (Lipinski definition) is 2. The molecule has 2 aromatic carbocycles. The number of nitrogens with one attached hydrogen (secondary N) is 1. The number of aliphatic imine (C=N–C) groups is 1. The van der Waals surface area contributed by atoms with Gasteiger partial charge in [0, 0.05) is 31.2 Å². The highest BCUT2D eigenvalue weighted by Gasteiger charge is 2.20. The van der Waals surface area contributed by atoms with Crippen LogP contribution in [0.4, 0.5) is 0 Å². The van der Waals surface area contributed by atoms with E-state index in [4.69, 9.17) is 15.2 Å². The van der Waals surface area contributed by atoms with E-state index in [1.54, 1.807) is 0 Å². The van der Waals surface area contributed by atoms with E-state index in [9.17, 15) is 0 Å². The summed E-state index contributed by atoms with van der Waals surface area (Å²) in [6, 6.07) is 16.8. The van der Waals surface area contributed by atoms with Gasteiger partial charge in [0.15, 0.2) is 17.5 Å². The molecule has 27 heavy (non-hydrogen) atoms. The van der Waals surface area contributed by atoms with Crippen LogP contribution < -0.4 is 20.5 Å². The number of para-hydroxylation sites is 1. The van der Waals surface area contributed by atoms with Crippen molar-refractivity contribution in [1.29, 1.82) is 0 Å². The van der Waals surface area contributed by atoms with Crippen molar-refractivity contribution in [2.45, 2.75) is 32.0 Å². The zero-order valence-corrected chi connectivity index (χ0v) is 15.4. The normalized spacial score (nSPS) is 17.9. The van der Waals surface area contributed by atoms with Gasteiger partial charge in [-0.15, -0.1) is 0 Å². The summed E-state index contributed by atoms with van der Waals surface area (Å²) in [6.07, 6.45) is 2.14. The molecule has 0 aromatic heterocycles. The topological polar surface area (TPSA) is 72.1 Å². The van der Waals surface area contributed by atoms with Gasteiger partial charge in [0.1, 0.15) is 0 Å². The molecule has 6 nitrogen and oxygen atoms in total. The number of benzene rings is 2. The predicted molar refractivity (Wildman–Crippen MR) is 106 cm³/mol. The molecule has 2 aliphatic rings. The van der Waals surface area contributed by atoms with E-state index in [1.807, 2.05) is 18.2 Å². The number of likely N-dealkylation sites (tertiary alicyclic amines) is 1. The molecule has 0 atom stereocenters. The Morgan fingerprint density at radius 2 is 1.89 bits per heavy atom. The molecule has 0 bridgehead atoms. The van der Waals surface area contributed by atoms with Gasteiger partial charge in [-0.1, -0.05) is 42.5 Å². The Balaban J connectivity index is 1.25. The molecule has 1 saturated heterocycles. The first kappa shape index (κ1) is 17.7. The summed E-state index contributed by atoms with van der Waals surface area (Å²) < 4.78 is 10.9. The molecular weight excluding hydrogens is 340 g/mol. The number of nitrogens with two attached hydrogens (primary N) is 1. The number of hydrogen-bond acceptors (Lipinski definition) is 4. The van der Waals surface area contributed by atoms with Gasteiger partial charge >= 0.3 is 0 Å². The first-order chi connectivity index (χ1) is 13.3. The first-order valence-electron chi connectivity index (χ1n) is 9.48. The van der Waals surface area contributed by atoms with Crippen LogP contribution >= 0.6 is 0 Å². The van der Waals surface area contributed by atoms with Crippen LogP contribution in [-0.4, -0.2) is 36.8 Å². The van der Waals surface area contributed by atoms with Crippen molar-refractivity contribution in [2.75, 3.05) is 19.9 Å². The minimum absolute atomic E-state index is 0.269. The summed E-state index contributed by atoms with van der Waals surface area (Å²) in [5, 5.41) is 3.37. The highest BCUT2D eigenvalue weighted by Crippen LogP contribution is 2.35. The molecule has 0 spiro atoms. The first-order valence-corrected chi connectivity index (χ1v) is 9.48. The second kappa shape index (κ2) is 8.31. The van der Waals surface area contributed by atoms with E-state index >= 15 is 0 Å². The molecule has 0 amide bonds. The van der Waals surface area contributed by atoms with Crippen molar-refractivity contribution in [2.24, 2.45) is 10.7 Å². The quantitative estimate of drug-likeness (QED) is 0.628. The van der Waals surface area contributed by atoms with Crippen LogP contribution in [0.25, 0.3) is 0 Å². The molecule has 0 aliphatic carbocycles. The van der Waals surface area contributed by atoms with Crippen molar-refractivity contribution in [3.63, 3.8) is 0 Å². The minimum atomic E-state index is 0.269. The number of piperidine rings is 1. The van der Waals surface area contributed by atoms with Gasteiger partial charge in [0.05, 0.1) is 6.54 Å². The lowest BCUT2D eigenvalue weighted by Gasteiger charge is -2.32. The largest absolute Gasteiger partial charge is 0.454 e. The van der Waals surface area contributed by atoms with Gasteiger partial charge in [-0.05, 0) is 24.5 Å². The zero-order chi connectivity index (χ0) is 18.5. The van der Waals surface area contributed by atoms with Crippen LogP contribution in [0.2, 0.25) is 0 Å². The van der Waals surface area contributed by atoms with E-state index < -0.39 is 0 Å². The molecule has 0 saturated carbocycles. The van der Waals surface area contributed by atoms with E-state index in [2.05, 4.69) is 45.5 Å². The average molecular weight is 366 g/mol. The van der Waals surface area contributed by atoms with Crippen molar-refractivity contribution < 1.29 is 9.47 Å². The monoisotopic (exact) mass is 366 g/mol. The molecule has 4 rings (SSSR count). The Morgan fingerprint density at radius 3 is 2.70 bits per heavy atom.